The smallest absolute Gasteiger partial charge is 0.407 e. The number of hydrogen-bond donors (Lipinski definition) is 4. The second-order valence-corrected chi connectivity index (χ2v) is 10.8. The number of halogens is 2. The number of hydrogen-bond acceptors (Lipinski definition) is 8. The van der Waals surface area contributed by atoms with Gasteiger partial charge in [0.1, 0.15) is 12.1 Å². The maximum atomic E-state index is 13.4. The minimum Gasteiger partial charge on any atom is -0.481 e. The number of carboxylic acids is 1. The second-order valence-electron chi connectivity index (χ2n) is 10.8. The number of piperazine rings is 1. The number of rotatable bonds is 13. The van der Waals surface area contributed by atoms with Crippen molar-refractivity contribution in [3.8, 4) is 11.6 Å². The van der Waals surface area contributed by atoms with E-state index in [1.807, 2.05) is 0 Å². The van der Waals surface area contributed by atoms with Crippen molar-refractivity contribution >= 4 is 35.7 Å². The zero-order valence-electron chi connectivity index (χ0n) is 25.2. The van der Waals surface area contributed by atoms with Crippen LogP contribution < -0.4 is 15.4 Å². The highest BCUT2D eigenvalue weighted by molar-refractivity contribution is 5.96. The van der Waals surface area contributed by atoms with E-state index in [9.17, 15) is 47.8 Å². The zero-order chi connectivity index (χ0) is 34.1. The predicted molar refractivity (Wildman–Crippen MR) is 157 cm³/mol. The van der Waals surface area contributed by atoms with E-state index in [1.165, 1.54) is 20.5 Å². The van der Waals surface area contributed by atoms with Crippen molar-refractivity contribution in [3.63, 3.8) is 0 Å². The highest BCUT2D eigenvalue weighted by atomic mass is 19.3. The van der Waals surface area contributed by atoms with E-state index in [0.29, 0.717) is 18.5 Å². The fraction of sp³-hybridized carbons (Fsp3) is 0.483. The van der Waals surface area contributed by atoms with Crippen molar-refractivity contribution in [3.05, 3.63) is 42.1 Å². The van der Waals surface area contributed by atoms with Gasteiger partial charge in [-0.15, -0.1) is 0 Å². The third-order valence-electron chi connectivity index (χ3n) is 7.67. The largest absolute Gasteiger partial charge is 0.481 e. The lowest BCUT2D eigenvalue weighted by molar-refractivity contribution is -0.140. The van der Waals surface area contributed by atoms with E-state index in [4.69, 9.17) is 4.74 Å². The van der Waals surface area contributed by atoms with Gasteiger partial charge in [-0.3, -0.25) is 24.0 Å². The molecule has 0 spiro atoms. The summed E-state index contributed by atoms with van der Waals surface area (Å²) in [5, 5.41) is 27.4. The van der Waals surface area contributed by atoms with Crippen molar-refractivity contribution in [2.45, 2.75) is 44.2 Å². The summed E-state index contributed by atoms with van der Waals surface area (Å²) < 4.78 is 32.1. The molecule has 47 heavy (non-hydrogen) atoms. The Morgan fingerprint density at radius 1 is 0.979 bits per heavy atom. The number of nitrogens with one attached hydrogen (secondary N) is 2. The average molecular weight is 664 g/mol. The lowest BCUT2D eigenvalue weighted by atomic mass is 10.1. The van der Waals surface area contributed by atoms with E-state index in [1.54, 1.807) is 30.3 Å². The van der Waals surface area contributed by atoms with E-state index in [-0.39, 0.29) is 50.7 Å². The number of carbonyl (C=O) groups is 6. The number of nitrogens with zero attached hydrogens (tertiary/aromatic N) is 5. The number of para-hydroxylation sites is 1. The number of carbonyl (C=O) groups excluding carboxylic acids is 4. The molecule has 0 aliphatic carbocycles. The summed E-state index contributed by atoms with van der Waals surface area (Å²) in [4.78, 5) is 78.4. The molecular formula is C29H35F2N7O9. The first-order valence-electron chi connectivity index (χ1n) is 14.9. The van der Waals surface area contributed by atoms with Crippen LogP contribution in [-0.2, 0) is 19.2 Å². The molecule has 3 heterocycles. The molecule has 2 aliphatic heterocycles. The highest BCUT2D eigenvalue weighted by Gasteiger charge is 2.35. The van der Waals surface area contributed by atoms with Gasteiger partial charge < -0.3 is 40.3 Å². The normalized spacial score (nSPS) is 16.9. The Balaban J connectivity index is 1.49. The van der Waals surface area contributed by atoms with Gasteiger partial charge in [-0.1, -0.05) is 18.2 Å². The molecule has 0 bridgehead atoms. The van der Waals surface area contributed by atoms with Crippen molar-refractivity contribution in [1.82, 2.24) is 35.1 Å². The fourth-order valence-corrected chi connectivity index (χ4v) is 5.28. The van der Waals surface area contributed by atoms with Crippen molar-refractivity contribution in [2.75, 3.05) is 45.9 Å². The highest BCUT2D eigenvalue weighted by Crippen LogP contribution is 2.22. The first kappa shape index (κ1) is 34.6. The third-order valence-corrected chi connectivity index (χ3v) is 7.67. The summed E-state index contributed by atoms with van der Waals surface area (Å²) in [6.07, 6.45) is -3.75. The van der Waals surface area contributed by atoms with Gasteiger partial charge in [0.2, 0.25) is 17.7 Å². The van der Waals surface area contributed by atoms with Crippen LogP contribution in [-0.4, -0.2) is 135 Å². The maximum Gasteiger partial charge on any atom is 0.407 e. The predicted octanol–water partition coefficient (Wildman–Crippen LogP) is 0.409. The number of carboxylic acid groups (broad SMARTS) is 2. The molecule has 18 heteroatoms. The third kappa shape index (κ3) is 9.14. The molecule has 2 aliphatic rings. The van der Waals surface area contributed by atoms with E-state index < -0.39 is 73.8 Å². The van der Waals surface area contributed by atoms with Gasteiger partial charge in [0.05, 0.1) is 12.2 Å². The summed E-state index contributed by atoms with van der Waals surface area (Å²) >= 11 is 0. The minimum absolute atomic E-state index is 0.0363. The summed E-state index contributed by atoms with van der Waals surface area (Å²) in [5.74, 6) is -3.92. The topological polar surface area (TPSA) is 204 Å². The zero-order valence-corrected chi connectivity index (χ0v) is 25.2. The molecule has 1 aromatic carbocycles. The average Bonchev–Trinajstić information content (AvgIpc) is 3.73. The number of benzene rings is 1. The van der Waals surface area contributed by atoms with Crippen molar-refractivity contribution in [2.24, 2.45) is 0 Å². The molecule has 16 nitrogen and oxygen atoms in total. The molecule has 2 fully saturated rings. The monoisotopic (exact) mass is 663 g/mol. The lowest BCUT2D eigenvalue weighted by Crippen LogP contribution is -2.55. The first-order valence-corrected chi connectivity index (χ1v) is 14.9. The Labute approximate surface area is 267 Å². The van der Waals surface area contributed by atoms with Crippen LogP contribution in [0, 0.1) is 0 Å². The van der Waals surface area contributed by atoms with Crippen LogP contribution in [0.5, 0.6) is 5.88 Å². The molecule has 0 saturated carbocycles. The molecule has 2 atom stereocenters. The van der Waals surface area contributed by atoms with E-state index >= 15 is 0 Å². The van der Waals surface area contributed by atoms with E-state index in [2.05, 4.69) is 15.7 Å². The Morgan fingerprint density at radius 2 is 1.66 bits per heavy atom. The summed E-state index contributed by atoms with van der Waals surface area (Å²) in [6.45, 7) is -0.951. The number of likely N-dealkylation sites (tertiary alicyclic amines) is 1. The van der Waals surface area contributed by atoms with Gasteiger partial charge in [0.15, 0.2) is 12.3 Å². The molecule has 4 rings (SSSR count). The van der Waals surface area contributed by atoms with Crippen LogP contribution in [0.1, 0.15) is 36.2 Å². The quantitative estimate of drug-likeness (QED) is 0.232. The van der Waals surface area contributed by atoms with Crippen LogP contribution in [0.25, 0.3) is 5.69 Å². The number of aromatic nitrogens is 2. The van der Waals surface area contributed by atoms with Gasteiger partial charge in [-0.2, -0.15) is 5.10 Å². The first-order chi connectivity index (χ1) is 22.4. The second kappa shape index (κ2) is 15.8. The maximum absolute atomic E-state index is 13.4. The molecule has 2 aromatic rings. The van der Waals surface area contributed by atoms with Gasteiger partial charge in [-0.05, 0) is 31.4 Å². The van der Waals surface area contributed by atoms with E-state index in [0.717, 1.165) is 4.90 Å². The number of ether oxygens (including phenoxy) is 1. The summed E-state index contributed by atoms with van der Waals surface area (Å²) in [5.41, 5.74) is 0.236. The summed E-state index contributed by atoms with van der Waals surface area (Å²) in [7, 11) is 0. The fourth-order valence-electron chi connectivity index (χ4n) is 5.28. The summed E-state index contributed by atoms with van der Waals surface area (Å²) in [6, 6.07) is 7.49. The van der Waals surface area contributed by atoms with Gasteiger partial charge in [0.25, 0.3) is 18.2 Å². The van der Waals surface area contributed by atoms with Gasteiger partial charge in [0, 0.05) is 45.2 Å². The molecule has 5 amide bonds. The van der Waals surface area contributed by atoms with Gasteiger partial charge in [-0.25, -0.2) is 18.3 Å². The Hall–Kier alpha value is -5.29. The van der Waals surface area contributed by atoms with Crippen LogP contribution in [0.4, 0.5) is 13.6 Å². The molecule has 4 N–H and O–H groups in total. The molecule has 2 saturated heterocycles. The Morgan fingerprint density at radius 3 is 2.30 bits per heavy atom. The molecular weight excluding hydrogens is 628 g/mol. The Bertz CT molecular complexity index is 1470. The van der Waals surface area contributed by atoms with Crippen LogP contribution in [0.2, 0.25) is 0 Å². The van der Waals surface area contributed by atoms with Crippen LogP contribution in [0.15, 0.2) is 36.4 Å². The minimum atomic E-state index is -2.74. The molecule has 1 aromatic heterocycles. The van der Waals surface area contributed by atoms with Gasteiger partial charge >= 0.3 is 12.1 Å². The molecule has 254 valence electrons. The number of aliphatic carboxylic acids is 1. The van der Waals surface area contributed by atoms with Crippen molar-refractivity contribution in [1.29, 1.82) is 0 Å². The molecule has 0 radical (unpaired) electrons. The Kier molecular flexibility index (Phi) is 11.6. The number of amides is 5. The van der Waals surface area contributed by atoms with Crippen LogP contribution >= 0.6 is 0 Å². The van der Waals surface area contributed by atoms with Crippen molar-refractivity contribution < 1.29 is 52.5 Å². The lowest BCUT2D eigenvalue weighted by Gasteiger charge is -2.35. The SMILES string of the molecule is O=C(O)CCC(NC(=O)c1cc(OCC(=O)N2CCCC2C(=O)NCC(F)F)n(-c2ccccc2)n1)C(=O)N1CCN(C(=O)O)CC1. The standard InChI is InChI=1S/C29H35F2N7O9/c30-22(31)16-32-27(43)21-7-4-10-37(21)23(39)17-47-24-15-20(34-38(24)18-5-2-1-3-6-18)26(42)33-19(8-9-25(40)41)28(44)35-11-13-36(14-12-35)29(45)46/h1-3,5-6,15,19,21-22H,4,7-14,16-17H2,(H,32,43)(H,33,42)(H,40,41)(H,45,46). The molecule has 2 unspecified atom stereocenters. The van der Waals surface area contributed by atoms with Crippen LogP contribution in [0.3, 0.4) is 0 Å². The number of alkyl halides is 2.